The topological polar surface area (TPSA) is 55.8 Å². The van der Waals surface area contributed by atoms with E-state index in [1.807, 2.05) is 27.7 Å². The van der Waals surface area contributed by atoms with Crippen molar-refractivity contribution in [3.8, 4) is 0 Å². The third-order valence-corrected chi connectivity index (χ3v) is 4.50. The first-order valence-electron chi connectivity index (χ1n) is 4.66. The quantitative estimate of drug-likeness (QED) is 0.640. The Morgan fingerprint density at radius 1 is 1.14 bits per heavy atom. The maximum atomic E-state index is 11.4. The van der Waals surface area contributed by atoms with Crippen molar-refractivity contribution in [3.63, 3.8) is 0 Å². The molecule has 1 aliphatic rings. The molecule has 0 bridgehead atoms. The molecule has 4 nitrogen and oxygen atoms in total. The normalized spacial score (nSPS) is 42.8. The van der Waals surface area contributed by atoms with E-state index in [1.165, 1.54) is 0 Å². The highest BCUT2D eigenvalue weighted by molar-refractivity contribution is 7.47. The summed E-state index contributed by atoms with van der Waals surface area (Å²) >= 11 is 0. The molecule has 1 heterocycles. The van der Waals surface area contributed by atoms with E-state index in [9.17, 15) is 9.46 Å². The Labute approximate surface area is 85.2 Å². The van der Waals surface area contributed by atoms with Crippen molar-refractivity contribution >= 4 is 7.82 Å². The van der Waals surface area contributed by atoms with Crippen LogP contribution in [0.5, 0.6) is 0 Å². The van der Waals surface area contributed by atoms with Crippen LogP contribution in [0.1, 0.15) is 41.5 Å². The van der Waals surface area contributed by atoms with Crippen LogP contribution in [0.3, 0.4) is 0 Å². The van der Waals surface area contributed by atoms with Crippen LogP contribution in [-0.2, 0) is 13.6 Å². The smallest absolute Gasteiger partial charge is 0.302 e. The zero-order valence-electron chi connectivity index (χ0n) is 9.62. The van der Waals surface area contributed by atoms with Crippen LogP contribution in [0.2, 0.25) is 0 Å². The molecule has 14 heavy (non-hydrogen) atoms. The summed E-state index contributed by atoms with van der Waals surface area (Å²) in [5.41, 5.74) is -1.81. The van der Waals surface area contributed by atoms with E-state index in [4.69, 9.17) is 9.05 Å². The Bertz CT molecular complexity index is 292. The predicted octanol–water partition coefficient (Wildman–Crippen LogP) is 2.72. The molecule has 0 saturated carbocycles. The lowest BCUT2D eigenvalue weighted by molar-refractivity contribution is -0.0859. The molecule has 2 unspecified atom stereocenters. The molecule has 0 aromatic heterocycles. The molecule has 0 amide bonds. The van der Waals surface area contributed by atoms with Gasteiger partial charge in [0, 0.05) is 0 Å². The number of phosphoric ester groups is 1. The summed E-state index contributed by atoms with van der Waals surface area (Å²) in [6.45, 7) is 11.2. The lowest BCUT2D eigenvalue weighted by Gasteiger charge is -2.43. The maximum absolute atomic E-state index is 11.4. The Morgan fingerprint density at radius 3 is 1.71 bits per heavy atom. The average molecular weight is 222 g/mol. The fourth-order valence-corrected chi connectivity index (χ4v) is 3.52. The van der Waals surface area contributed by atoms with E-state index in [-0.39, 0.29) is 5.41 Å². The second-order valence-corrected chi connectivity index (χ2v) is 6.75. The van der Waals surface area contributed by atoms with Crippen LogP contribution in [0.15, 0.2) is 0 Å². The van der Waals surface area contributed by atoms with Gasteiger partial charge in [-0.3, -0.25) is 9.05 Å². The Kier molecular flexibility index (Phi) is 2.45. The minimum Gasteiger partial charge on any atom is -0.302 e. The highest BCUT2D eigenvalue weighted by atomic mass is 31.2. The van der Waals surface area contributed by atoms with Crippen LogP contribution < -0.4 is 0 Å². The molecule has 84 valence electrons. The van der Waals surface area contributed by atoms with Gasteiger partial charge >= 0.3 is 7.82 Å². The van der Waals surface area contributed by atoms with E-state index in [0.717, 1.165) is 0 Å². The first kappa shape index (κ1) is 12.2. The van der Waals surface area contributed by atoms with Gasteiger partial charge in [0.2, 0.25) is 0 Å². The van der Waals surface area contributed by atoms with Gasteiger partial charge in [0.25, 0.3) is 0 Å². The van der Waals surface area contributed by atoms with Crippen molar-refractivity contribution in [1.29, 1.82) is 0 Å². The van der Waals surface area contributed by atoms with Gasteiger partial charge < -0.3 is 4.89 Å². The summed E-state index contributed by atoms with van der Waals surface area (Å²) < 4.78 is 21.7. The highest BCUT2D eigenvalue weighted by Crippen LogP contribution is 2.65. The van der Waals surface area contributed by atoms with Crippen molar-refractivity contribution in [2.24, 2.45) is 5.41 Å². The van der Waals surface area contributed by atoms with Crippen LogP contribution >= 0.6 is 7.82 Å². The molecule has 0 aromatic carbocycles. The van der Waals surface area contributed by atoms with Gasteiger partial charge in [0.1, 0.15) is 11.2 Å². The third kappa shape index (κ3) is 1.65. The second-order valence-electron chi connectivity index (χ2n) is 5.44. The van der Waals surface area contributed by atoms with Gasteiger partial charge in [-0.2, -0.15) is 0 Å². The molecule has 1 rings (SSSR count). The molecule has 2 atom stereocenters. The van der Waals surface area contributed by atoms with Gasteiger partial charge in [0.15, 0.2) is 0 Å². The first-order chi connectivity index (χ1) is 5.91. The second kappa shape index (κ2) is 2.82. The number of rotatable bonds is 0. The summed E-state index contributed by atoms with van der Waals surface area (Å²) in [5, 5.41) is 0. The van der Waals surface area contributed by atoms with E-state index < -0.39 is 19.0 Å². The molecule has 1 N–H and O–H groups in total. The van der Waals surface area contributed by atoms with Gasteiger partial charge in [-0.05, 0) is 26.2 Å². The monoisotopic (exact) mass is 222 g/mol. The molecule has 1 aliphatic heterocycles. The van der Waals surface area contributed by atoms with Gasteiger partial charge in [-0.15, -0.1) is 0 Å². The van der Waals surface area contributed by atoms with Crippen LogP contribution in [-0.4, -0.2) is 16.1 Å². The minimum atomic E-state index is -3.88. The summed E-state index contributed by atoms with van der Waals surface area (Å²) in [4.78, 5) is 9.34. The highest BCUT2D eigenvalue weighted by Gasteiger charge is 2.62. The molecule has 1 saturated heterocycles. The van der Waals surface area contributed by atoms with Crippen molar-refractivity contribution in [1.82, 2.24) is 0 Å². The first-order valence-corrected chi connectivity index (χ1v) is 6.15. The summed E-state index contributed by atoms with van der Waals surface area (Å²) in [7, 11) is -3.88. The summed E-state index contributed by atoms with van der Waals surface area (Å²) in [6, 6.07) is 0. The SMILES string of the molecule is CC(C)(C)C1(C)OP(=O)(O)OC1(C)C. The molecule has 0 aromatic rings. The Hall–Kier alpha value is 0.110. The van der Waals surface area contributed by atoms with Crippen molar-refractivity contribution in [2.45, 2.75) is 52.7 Å². The van der Waals surface area contributed by atoms with Crippen LogP contribution in [0.25, 0.3) is 0 Å². The molecule has 0 spiro atoms. The number of phosphoric acid groups is 1. The van der Waals surface area contributed by atoms with Crippen LogP contribution in [0, 0.1) is 5.41 Å². The van der Waals surface area contributed by atoms with Crippen molar-refractivity contribution < 1.29 is 18.5 Å². The molecule has 5 heteroatoms. The Balaban J connectivity index is 3.19. The van der Waals surface area contributed by atoms with Gasteiger partial charge in [0.05, 0.1) is 0 Å². The van der Waals surface area contributed by atoms with E-state index >= 15 is 0 Å². The Morgan fingerprint density at radius 2 is 1.57 bits per heavy atom. The van der Waals surface area contributed by atoms with E-state index in [0.29, 0.717) is 0 Å². The molecular formula is C9H19O4P. The van der Waals surface area contributed by atoms with Crippen molar-refractivity contribution in [2.75, 3.05) is 0 Å². The lowest BCUT2D eigenvalue weighted by atomic mass is 9.69. The van der Waals surface area contributed by atoms with E-state index in [2.05, 4.69) is 0 Å². The fraction of sp³-hybridized carbons (Fsp3) is 1.00. The lowest BCUT2D eigenvalue weighted by Crippen LogP contribution is -2.54. The molecule has 0 aliphatic carbocycles. The van der Waals surface area contributed by atoms with E-state index in [1.54, 1.807) is 13.8 Å². The largest absolute Gasteiger partial charge is 0.473 e. The van der Waals surface area contributed by atoms with Gasteiger partial charge in [-0.25, -0.2) is 4.57 Å². The predicted molar refractivity (Wildman–Crippen MR) is 53.9 cm³/mol. The fourth-order valence-electron chi connectivity index (χ4n) is 1.77. The van der Waals surface area contributed by atoms with Crippen molar-refractivity contribution in [3.05, 3.63) is 0 Å². The maximum Gasteiger partial charge on any atom is 0.473 e. The zero-order chi connectivity index (χ0) is 11.4. The third-order valence-electron chi connectivity index (χ3n) is 3.22. The summed E-state index contributed by atoms with van der Waals surface area (Å²) in [6.07, 6.45) is 0. The van der Waals surface area contributed by atoms with Gasteiger partial charge in [-0.1, -0.05) is 20.8 Å². The average Bonchev–Trinajstić information content (AvgIpc) is 1.94. The minimum absolute atomic E-state index is 0.272. The summed E-state index contributed by atoms with van der Waals surface area (Å²) in [5.74, 6) is 0. The standard InChI is InChI=1S/C9H19O4P/c1-7(2,3)9(6)8(4,5)12-14(10,11)13-9/h1-6H3,(H,10,11). The van der Waals surface area contributed by atoms with Crippen LogP contribution in [0.4, 0.5) is 0 Å². The zero-order valence-corrected chi connectivity index (χ0v) is 10.5. The molecule has 0 radical (unpaired) electrons. The number of hydrogen-bond donors (Lipinski definition) is 1. The number of hydrogen-bond acceptors (Lipinski definition) is 3. The molecular weight excluding hydrogens is 203 g/mol. The molecule has 1 fully saturated rings.